The molecule has 2 N–H and O–H groups in total. The van der Waals surface area contributed by atoms with Crippen molar-refractivity contribution in [2.45, 2.75) is 18.9 Å². The highest BCUT2D eigenvalue weighted by molar-refractivity contribution is 4.74. The molecule has 0 saturated carbocycles. The van der Waals surface area contributed by atoms with Crippen LogP contribution in [-0.2, 0) is 14.2 Å². The van der Waals surface area contributed by atoms with Crippen molar-refractivity contribution in [2.24, 2.45) is 11.7 Å². The molecule has 0 radical (unpaired) electrons. The lowest BCUT2D eigenvalue weighted by Crippen LogP contribution is -2.38. The van der Waals surface area contributed by atoms with Gasteiger partial charge in [0.25, 0.3) is 0 Å². The minimum atomic E-state index is 0.149. The lowest BCUT2D eigenvalue weighted by atomic mass is 9.93. The topological polar surface area (TPSA) is 53.7 Å². The van der Waals surface area contributed by atoms with Gasteiger partial charge in [0.2, 0.25) is 0 Å². The van der Waals surface area contributed by atoms with Crippen LogP contribution in [0, 0.1) is 5.92 Å². The van der Waals surface area contributed by atoms with E-state index in [4.69, 9.17) is 19.9 Å². The Morgan fingerprint density at radius 3 is 2.71 bits per heavy atom. The summed E-state index contributed by atoms with van der Waals surface area (Å²) >= 11 is 0. The predicted molar refractivity (Wildman–Crippen MR) is 54.2 cm³/mol. The van der Waals surface area contributed by atoms with Crippen LogP contribution in [0.5, 0.6) is 0 Å². The number of nitrogens with two attached hydrogens (primary N) is 1. The summed E-state index contributed by atoms with van der Waals surface area (Å²) in [4.78, 5) is 0. The Bertz CT molecular complexity index is 137. The van der Waals surface area contributed by atoms with Gasteiger partial charge in [-0.05, 0) is 18.8 Å². The first kappa shape index (κ1) is 11.9. The van der Waals surface area contributed by atoms with E-state index in [1.807, 2.05) is 0 Å². The molecule has 0 amide bonds. The molecule has 0 aromatic rings. The molecule has 1 aliphatic rings. The fourth-order valence-corrected chi connectivity index (χ4v) is 1.64. The first-order valence-corrected chi connectivity index (χ1v) is 5.24. The summed E-state index contributed by atoms with van der Waals surface area (Å²) in [5.41, 5.74) is 6.01. The zero-order valence-electron chi connectivity index (χ0n) is 8.91. The summed E-state index contributed by atoms with van der Waals surface area (Å²) in [7, 11) is 1.67. The van der Waals surface area contributed by atoms with Gasteiger partial charge in [-0.2, -0.15) is 0 Å². The zero-order valence-corrected chi connectivity index (χ0v) is 8.91. The summed E-state index contributed by atoms with van der Waals surface area (Å²) < 4.78 is 15.6. The van der Waals surface area contributed by atoms with Gasteiger partial charge in [-0.3, -0.25) is 0 Å². The van der Waals surface area contributed by atoms with Gasteiger partial charge in [0.15, 0.2) is 0 Å². The molecule has 1 heterocycles. The Balaban J connectivity index is 2.04. The van der Waals surface area contributed by atoms with Crippen LogP contribution in [0.1, 0.15) is 12.8 Å². The van der Waals surface area contributed by atoms with Crippen molar-refractivity contribution in [3.05, 3.63) is 0 Å². The normalized spacial score (nSPS) is 21.0. The van der Waals surface area contributed by atoms with Crippen LogP contribution in [0.15, 0.2) is 0 Å². The number of methoxy groups -OCH3 is 1. The van der Waals surface area contributed by atoms with Crippen LogP contribution in [0.3, 0.4) is 0 Å². The molecule has 1 fully saturated rings. The molecule has 0 aliphatic carbocycles. The Morgan fingerprint density at radius 2 is 2.07 bits per heavy atom. The molecule has 4 nitrogen and oxygen atoms in total. The highest BCUT2D eigenvalue weighted by Gasteiger charge is 2.20. The standard InChI is InChI=1S/C10H21NO3/c1-12-6-7-14-8-10(11)9-2-4-13-5-3-9/h9-10H,2-8,11H2,1H3. The minimum Gasteiger partial charge on any atom is -0.382 e. The average Bonchev–Trinajstić information content (AvgIpc) is 2.25. The summed E-state index contributed by atoms with van der Waals surface area (Å²) in [6, 6.07) is 0.149. The molecule has 1 atom stereocenters. The molecule has 1 aliphatic heterocycles. The van der Waals surface area contributed by atoms with Crippen molar-refractivity contribution in [1.29, 1.82) is 0 Å². The van der Waals surface area contributed by atoms with E-state index < -0.39 is 0 Å². The van der Waals surface area contributed by atoms with Crippen LogP contribution in [0.2, 0.25) is 0 Å². The van der Waals surface area contributed by atoms with Crippen LogP contribution < -0.4 is 5.73 Å². The smallest absolute Gasteiger partial charge is 0.0701 e. The highest BCUT2D eigenvalue weighted by Crippen LogP contribution is 2.17. The molecule has 1 rings (SSSR count). The predicted octanol–water partition coefficient (Wildman–Crippen LogP) is 0.403. The number of hydrogen-bond donors (Lipinski definition) is 1. The number of rotatable bonds is 6. The molecule has 1 unspecified atom stereocenters. The molecular formula is C10H21NO3. The van der Waals surface area contributed by atoms with Crippen molar-refractivity contribution < 1.29 is 14.2 Å². The SMILES string of the molecule is COCCOCC(N)C1CCOCC1. The van der Waals surface area contributed by atoms with Crippen molar-refractivity contribution in [3.63, 3.8) is 0 Å². The average molecular weight is 203 g/mol. The third kappa shape index (κ3) is 4.37. The van der Waals surface area contributed by atoms with Crippen LogP contribution in [-0.4, -0.2) is 46.2 Å². The summed E-state index contributed by atoms with van der Waals surface area (Å²) in [6.45, 7) is 3.59. The molecule has 0 spiro atoms. The fraction of sp³-hybridized carbons (Fsp3) is 1.00. The second-order valence-electron chi connectivity index (χ2n) is 3.68. The fourth-order valence-electron chi connectivity index (χ4n) is 1.64. The summed E-state index contributed by atoms with van der Waals surface area (Å²) in [6.07, 6.45) is 2.13. The maximum atomic E-state index is 6.01. The van der Waals surface area contributed by atoms with Crippen molar-refractivity contribution in [2.75, 3.05) is 40.1 Å². The van der Waals surface area contributed by atoms with Gasteiger partial charge in [0.05, 0.1) is 19.8 Å². The molecule has 84 valence electrons. The summed E-state index contributed by atoms with van der Waals surface area (Å²) in [5.74, 6) is 0.561. The second kappa shape index (κ2) is 7.17. The lowest BCUT2D eigenvalue weighted by molar-refractivity contribution is 0.0249. The maximum absolute atomic E-state index is 6.01. The van der Waals surface area contributed by atoms with Crippen LogP contribution in [0.25, 0.3) is 0 Å². The largest absolute Gasteiger partial charge is 0.382 e. The first-order chi connectivity index (χ1) is 6.84. The molecule has 0 bridgehead atoms. The number of ether oxygens (including phenoxy) is 3. The lowest BCUT2D eigenvalue weighted by Gasteiger charge is -2.27. The van der Waals surface area contributed by atoms with Crippen LogP contribution in [0.4, 0.5) is 0 Å². The molecule has 0 aromatic carbocycles. The number of hydrogen-bond acceptors (Lipinski definition) is 4. The Hall–Kier alpha value is -0.160. The van der Waals surface area contributed by atoms with E-state index in [1.54, 1.807) is 7.11 Å². The van der Waals surface area contributed by atoms with Gasteiger partial charge in [-0.25, -0.2) is 0 Å². The minimum absolute atomic E-state index is 0.149. The highest BCUT2D eigenvalue weighted by atomic mass is 16.5. The Kier molecular flexibility index (Phi) is 6.10. The molecule has 1 saturated heterocycles. The van der Waals surface area contributed by atoms with E-state index in [-0.39, 0.29) is 6.04 Å². The van der Waals surface area contributed by atoms with E-state index in [0.29, 0.717) is 25.7 Å². The van der Waals surface area contributed by atoms with Crippen molar-refractivity contribution in [3.8, 4) is 0 Å². The van der Waals surface area contributed by atoms with Crippen LogP contribution >= 0.6 is 0 Å². The molecular weight excluding hydrogens is 182 g/mol. The van der Waals surface area contributed by atoms with E-state index in [1.165, 1.54) is 0 Å². The van der Waals surface area contributed by atoms with E-state index >= 15 is 0 Å². The van der Waals surface area contributed by atoms with Gasteiger partial charge < -0.3 is 19.9 Å². The quantitative estimate of drug-likeness (QED) is 0.635. The third-order valence-electron chi connectivity index (χ3n) is 2.61. The maximum Gasteiger partial charge on any atom is 0.0701 e. The van der Waals surface area contributed by atoms with E-state index in [0.717, 1.165) is 26.1 Å². The van der Waals surface area contributed by atoms with Gasteiger partial charge in [0, 0.05) is 26.4 Å². The van der Waals surface area contributed by atoms with E-state index in [9.17, 15) is 0 Å². The monoisotopic (exact) mass is 203 g/mol. The molecule has 4 heteroatoms. The summed E-state index contributed by atoms with van der Waals surface area (Å²) in [5, 5.41) is 0. The Labute approximate surface area is 85.7 Å². The van der Waals surface area contributed by atoms with Gasteiger partial charge in [-0.15, -0.1) is 0 Å². The van der Waals surface area contributed by atoms with E-state index in [2.05, 4.69) is 0 Å². The van der Waals surface area contributed by atoms with Gasteiger partial charge in [0.1, 0.15) is 0 Å². The molecule has 0 aromatic heterocycles. The Morgan fingerprint density at radius 1 is 1.36 bits per heavy atom. The van der Waals surface area contributed by atoms with Gasteiger partial charge >= 0.3 is 0 Å². The second-order valence-corrected chi connectivity index (χ2v) is 3.68. The van der Waals surface area contributed by atoms with Gasteiger partial charge in [-0.1, -0.05) is 0 Å². The van der Waals surface area contributed by atoms with Crippen molar-refractivity contribution in [1.82, 2.24) is 0 Å². The first-order valence-electron chi connectivity index (χ1n) is 5.24. The zero-order chi connectivity index (χ0) is 10.2. The third-order valence-corrected chi connectivity index (χ3v) is 2.61. The molecule has 14 heavy (non-hydrogen) atoms. The van der Waals surface area contributed by atoms with Crippen molar-refractivity contribution >= 4 is 0 Å².